The van der Waals surface area contributed by atoms with E-state index in [-0.39, 0.29) is 5.91 Å². The Bertz CT molecular complexity index is 1320. The molecule has 1 unspecified atom stereocenters. The number of rotatable bonds is 8. The van der Waals surface area contributed by atoms with E-state index in [1.165, 1.54) is 7.11 Å². The lowest BCUT2D eigenvalue weighted by atomic mass is 9.72. The number of methoxy groups -OCH3 is 2. The molecule has 1 N–H and O–H groups in total. The third-order valence-electron chi connectivity index (χ3n) is 7.44. The van der Waals surface area contributed by atoms with Gasteiger partial charge in [-0.3, -0.25) is 14.4 Å². The molecule has 1 amide bonds. The number of amides is 1. The van der Waals surface area contributed by atoms with Crippen LogP contribution in [0.1, 0.15) is 29.5 Å². The summed E-state index contributed by atoms with van der Waals surface area (Å²) in [6.07, 6.45) is 1.03. The highest BCUT2D eigenvalue weighted by molar-refractivity contribution is 7.65. The van der Waals surface area contributed by atoms with Crippen LogP contribution in [0.25, 0.3) is 0 Å². The quantitative estimate of drug-likeness (QED) is 0.413. The standard InChI is InChI=1S/C29H35N2O5P/c1-21-13-14-25(19-22(21)2)37(33,36-5)30-28(32)29(23-9-8-10-24(20-23)34-3)15-17-31(18-16-29)26-11-6-7-12-27(26)35-4/h6-14,19-20H,15-18H2,1-5H3,(H,30,32,33). The molecule has 3 aromatic rings. The van der Waals surface area contributed by atoms with Crippen molar-refractivity contribution < 1.29 is 23.4 Å². The number of carbonyl (C=O) groups excluding carboxylic acids is 1. The van der Waals surface area contributed by atoms with Gasteiger partial charge < -0.3 is 18.9 Å². The van der Waals surface area contributed by atoms with Crippen LogP contribution >= 0.6 is 7.52 Å². The van der Waals surface area contributed by atoms with E-state index in [4.69, 9.17) is 14.0 Å². The summed E-state index contributed by atoms with van der Waals surface area (Å²) >= 11 is 0. The Morgan fingerprint density at radius 3 is 2.27 bits per heavy atom. The third-order valence-corrected chi connectivity index (χ3v) is 9.41. The van der Waals surface area contributed by atoms with Gasteiger partial charge in [-0.15, -0.1) is 0 Å². The lowest BCUT2D eigenvalue weighted by Crippen LogP contribution is -2.51. The summed E-state index contributed by atoms with van der Waals surface area (Å²) in [5.41, 5.74) is 2.96. The van der Waals surface area contributed by atoms with Crippen LogP contribution in [0.3, 0.4) is 0 Å². The molecule has 4 rings (SSSR count). The molecule has 196 valence electrons. The Morgan fingerprint density at radius 1 is 0.892 bits per heavy atom. The molecular weight excluding hydrogens is 487 g/mol. The maximum atomic E-state index is 14.1. The first-order valence-electron chi connectivity index (χ1n) is 12.3. The predicted octanol–water partition coefficient (Wildman–Crippen LogP) is 5.14. The molecule has 7 nitrogen and oxygen atoms in total. The van der Waals surface area contributed by atoms with E-state index in [9.17, 15) is 9.36 Å². The summed E-state index contributed by atoms with van der Waals surface area (Å²) in [5.74, 6) is 1.14. The summed E-state index contributed by atoms with van der Waals surface area (Å²) < 4.78 is 30.5. The minimum absolute atomic E-state index is 0.316. The third kappa shape index (κ3) is 5.25. The second-order valence-corrected chi connectivity index (χ2v) is 11.6. The van der Waals surface area contributed by atoms with Gasteiger partial charge in [0.2, 0.25) is 5.91 Å². The van der Waals surface area contributed by atoms with Crippen molar-refractivity contribution in [3.05, 3.63) is 83.4 Å². The summed E-state index contributed by atoms with van der Waals surface area (Å²) in [7, 11) is 0.984. The zero-order valence-corrected chi connectivity index (χ0v) is 23.0. The molecule has 8 heteroatoms. The van der Waals surface area contributed by atoms with Gasteiger partial charge in [0.25, 0.3) is 0 Å². The van der Waals surface area contributed by atoms with Crippen LogP contribution in [0.15, 0.2) is 66.7 Å². The number of aryl methyl sites for hydroxylation is 2. The number of para-hydroxylation sites is 2. The molecule has 1 aliphatic rings. The van der Waals surface area contributed by atoms with Gasteiger partial charge in [-0.25, -0.2) is 0 Å². The Kier molecular flexibility index (Phi) is 7.96. The number of nitrogens with one attached hydrogen (secondary N) is 1. The normalized spacial score (nSPS) is 16.5. The van der Waals surface area contributed by atoms with Gasteiger partial charge in [-0.1, -0.05) is 30.3 Å². The van der Waals surface area contributed by atoms with Gasteiger partial charge in [-0.2, -0.15) is 0 Å². The minimum atomic E-state index is -3.65. The zero-order valence-electron chi connectivity index (χ0n) is 22.1. The first-order valence-corrected chi connectivity index (χ1v) is 14.0. The second kappa shape index (κ2) is 11.0. The largest absolute Gasteiger partial charge is 0.497 e. The first-order chi connectivity index (χ1) is 17.8. The lowest BCUT2D eigenvalue weighted by Gasteiger charge is -2.42. The van der Waals surface area contributed by atoms with E-state index >= 15 is 0 Å². The molecule has 37 heavy (non-hydrogen) atoms. The summed E-state index contributed by atoms with van der Waals surface area (Å²) in [6, 6.07) is 20.9. The number of hydrogen-bond donors (Lipinski definition) is 1. The Labute approximate surface area is 219 Å². The predicted molar refractivity (Wildman–Crippen MR) is 147 cm³/mol. The van der Waals surface area contributed by atoms with E-state index in [0.717, 1.165) is 28.1 Å². The highest BCUT2D eigenvalue weighted by atomic mass is 31.2. The van der Waals surface area contributed by atoms with Gasteiger partial charge in [0.1, 0.15) is 11.5 Å². The zero-order chi connectivity index (χ0) is 26.6. The first kappa shape index (κ1) is 26.8. The van der Waals surface area contributed by atoms with E-state index in [0.29, 0.717) is 37.0 Å². The molecule has 1 fully saturated rings. The van der Waals surface area contributed by atoms with Crippen LogP contribution in [-0.2, 0) is 19.3 Å². The van der Waals surface area contributed by atoms with Crippen LogP contribution < -0.4 is 24.8 Å². The molecule has 0 aromatic heterocycles. The molecule has 1 aliphatic heterocycles. The molecule has 3 aromatic carbocycles. The van der Waals surface area contributed by atoms with Crippen molar-refractivity contribution >= 4 is 24.4 Å². The van der Waals surface area contributed by atoms with Crippen molar-refractivity contribution in [3.8, 4) is 11.5 Å². The minimum Gasteiger partial charge on any atom is -0.497 e. The topological polar surface area (TPSA) is 77.1 Å². The molecule has 0 bridgehead atoms. The smallest absolute Gasteiger partial charge is 0.325 e. The fourth-order valence-corrected chi connectivity index (χ4v) is 6.50. The molecule has 0 spiro atoms. The Hall–Kier alpha value is -3.28. The molecule has 0 radical (unpaired) electrons. The van der Waals surface area contributed by atoms with Gasteiger partial charge >= 0.3 is 7.52 Å². The molecule has 0 saturated carbocycles. The number of anilines is 1. The number of carbonyl (C=O) groups is 1. The van der Waals surface area contributed by atoms with Crippen molar-refractivity contribution in [2.45, 2.75) is 32.1 Å². The van der Waals surface area contributed by atoms with Crippen molar-refractivity contribution in [3.63, 3.8) is 0 Å². The van der Waals surface area contributed by atoms with Crippen LogP contribution in [0, 0.1) is 13.8 Å². The van der Waals surface area contributed by atoms with Crippen molar-refractivity contribution in [2.24, 2.45) is 0 Å². The van der Waals surface area contributed by atoms with Gasteiger partial charge in [-0.05, 0) is 79.8 Å². The van der Waals surface area contributed by atoms with Gasteiger partial charge in [0, 0.05) is 20.2 Å². The van der Waals surface area contributed by atoms with Crippen molar-refractivity contribution in [1.82, 2.24) is 5.09 Å². The van der Waals surface area contributed by atoms with Crippen molar-refractivity contribution in [2.75, 3.05) is 39.3 Å². The average molecular weight is 523 g/mol. The second-order valence-electron chi connectivity index (χ2n) is 9.42. The Balaban J connectivity index is 1.69. The average Bonchev–Trinajstić information content (AvgIpc) is 2.94. The number of nitrogens with zero attached hydrogens (tertiary/aromatic N) is 1. The van der Waals surface area contributed by atoms with E-state index in [1.54, 1.807) is 20.3 Å². The summed E-state index contributed by atoms with van der Waals surface area (Å²) in [5, 5.41) is 3.31. The molecule has 1 atom stereocenters. The van der Waals surface area contributed by atoms with Crippen LogP contribution in [0.2, 0.25) is 0 Å². The Morgan fingerprint density at radius 2 is 1.62 bits per heavy atom. The van der Waals surface area contributed by atoms with Crippen LogP contribution in [0.5, 0.6) is 11.5 Å². The summed E-state index contributed by atoms with van der Waals surface area (Å²) in [4.78, 5) is 16.4. The maximum Gasteiger partial charge on any atom is 0.325 e. The SMILES string of the molecule is COc1cccc(C2(C(=O)NP(=O)(OC)c3ccc(C)c(C)c3)CCN(c3ccccc3OC)CC2)c1. The molecule has 0 aliphatic carbocycles. The molecule has 1 saturated heterocycles. The number of benzene rings is 3. The van der Waals surface area contributed by atoms with Gasteiger partial charge in [0.15, 0.2) is 0 Å². The number of ether oxygens (including phenoxy) is 2. The highest BCUT2D eigenvalue weighted by Gasteiger charge is 2.46. The van der Waals surface area contributed by atoms with Crippen LogP contribution in [0.4, 0.5) is 5.69 Å². The molecule has 1 heterocycles. The molecular formula is C29H35N2O5P. The van der Waals surface area contributed by atoms with E-state index in [1.807, 2.05) is 74.5 Å². The van der Waals surface area contributed by atoms with Crippen LogP contribution in [-0.4, -0.2) is 40.3 Å². The monoisotopic (exact) mass is 522 g/mol. The highest BCUT2D eigenvalue weighted by Crippen LogP contribution is 2.45. The summed E-state index contributed by atoms with van der Waals surface area (Å²) in [6.45, 7) is 5.17. The van der Waals surface area contributed by atoms with Crippen molar-refractivity contribution in [1.29, 1.82) is 0 Å². The van der Waals surface area contributed by atoms with E-state index in [2.05, 4.69) is 9.99 Å². The van der Waals surface area contributed by atoms with E-state index < -0.39 is 12.9 Å². The fourth-order valence-electron chi connectivity index (χ4n) is 4.95. The fraction of sp³-hybridized carbons (Fsp3) is 0.345. The number of hydrogen-bond acceptors (Lipinski definition) is 6. The number of piperidine rings is 1. The maximum absolute atomic E-state index is 14.1. The lowest BCUT2D eigenvalue weighted by molar-refractivity contribution is -0.126. The van der Waals surface area contributed by atoms with Gasteiger partial charge in [0.05, 0.1) is 30.6 Å².